The van der Waals surface area contributed by atoms with E-state index in [4.69, 9.17) is 18.9 Å². The van der Waals surface area contributed by atoms with Crippen LogP contribution in [-0.2, 0) is 16.0 Å². The summed E-state index contributed by atoms with van der Waals surface area (Å²) in [5.74, 6) is 1.48. The second-order valence-electron chi connectivity index (χ2n) is 8.63. The second kappa shape index (κ2) is 8.85. The largest absolute Gasteiger partial charge is 0.493 e. The van der Waals surface area contributed by atoms with Gasteiger partial charge in [-0.3, -0.25) is 9.59 Å². The maximum absolute atomic E-state index is 12.7. The number of Topliss-reactive ketones (excluding diaryl/α,β-unsaturated/α-hetero) is 1. The summed E-state index contributed by atoms with van der Waals surface area (Å²) < 4.78 is 23.1. The third-order valence-electron chi connectivity index (χ3n) is 6.53. The van der Waals surface area contributed by atoms with Crippen molar-refractivity contribution in [2.75, 3.05) is 20.8 Å². The number of benzene rings is 2. The Balaban J connectivity index is 1.71. The van der Waals surface area contributed by atoms with Crippen molar-refractivity contribution in [1.82, 2.24) is 0 Å². The highest BCUT2D eigenvalue weighted by Gasteiger charge is 2.53. The molecule has 6 heteroatoms. The van der Waals surface area contributed by atoms with Crippen LogP contribution in [0.25, 0.3) is 11.1 Å². The predicted molar refractivity (Wildman–Crippen MR) is 121 cm³/mol. The minimum Gasteiger partial charge on any atom is -0.493 e. The number of hydrogen-bond acceptors (Lipinski definition) is 6. The zero-order chi connectivity index (χ0) is 22.9. The molecule has 170 valence electrons. The Kier molecular flexibility index (Phi) is 6.13. The Bertz CT molecular complexity index is 1040. The zero-order valence-corrected chi connectivity index (χ0v) is 19.2. The summed E-state index contributed by atoms with van der Waals surface area (Å²) in [5, 5.41) is 0. The standard InChI is InChI=1S/C26H30O6/c1-5-16(2)32-25(28)26(13-14-26)15-31-23-20(10-12-22(29-3)24(23)30-4)17-7-6-8-19-18(17)9-11-21(19)27/h6-8,10,12,16H,5,9,11,13-15H2,1-4H3/t16-/m0/s1. The van der Waals surface area contributed by atoms with Crippen molar-refractivity contribution in [2.24, 2.45) is 5.41 Å². The molecule has 0 heterocycles. The SMILES string of the molecule is CC[C@H](C)OC(=O)C1(COc2c(-c3cccc4c3CCC4=O)ccc(OC)c2OC)CC1. The van der Waals surface area contributed by atoms with Crippen LogP contribution in [0.5, 0.6) is 17.2 Å². The van der Waals surface area contributed by atoms with Crippen molar-refractivity contribution >= 4 is 11.8 Å². The summed E-state index contributed by atoms with van der Waals surface area (Å²) in [6.45, 7) is 4.09. The first kappa shape index (κ1) is 22.2. The summed E-state index contributed by atoms with van der Waals surface area (Å²) in [5.41, 5.74) is 2.92. The van der Waals surface area contributed by atoms with Gasteiger partial charge in [-0.25, -0.2) is 0 Å². The second-order valence-corrected chi connectivity index (χ2v) is 8.63. The molecular formula is C26H30O6. The molecule has 0 aromatic heterocycles. The van der Waals surface area contributed by atoms with E-state index < -0.39 is 5.41 Å². The summed E-state index contributed by atoms with van der Waals surface area (Å²) in [7, 11) is 3.14. The Morgan fingerprint density at radius 3 is 2.41 bits per heavy atom. The van der Waals surface area contributed by atoms with Crippen LogP contribution in [0.2, 0.25) is 0 Å². The van der Waals surface area contributed by atoms with Crippen molar-refractivity contribution in [2.45, 2.75) is 52.1 Å². The van der Waals surface area contributed by atoms with E-state index in [0.29, 0.717) is 30.1 Å². The number of fused-ring (bicyclic) bond motifs is 1. The van der Waals surface area contributed by atoms with Crippen LogP contribution in [0.4, 0.5) is 0 Å². The molecule has 32 heavy (non-hydrogen) atoms. The fourth-order valence-electron chi connectivity index (χ4n) is 4.16. The smallest absolute Gasteiger partial charge is 0.315 e. The molecule has 0 radical (unpaired) electrons. The molecule has 0 bridgehead atoms. The van der Waals surface area contributed by atoms with E-state index in [1.54, 1.807) is 14.2 Å². The molecule has 1 atom stereocenters. The number of ketones is 1. The van der Waals surface area contributed by atoms with Gasteiger partial charge in [0, 0.05) is 17.5 Å². The Morgan fingerprint density at radius 1 is 1.00 bits per heavy atom. The van der Waals surface area contributed by atoms with E-state index in [2.05, 4.69) is 0 Å². The first-order chi connectivity index (χ1) is 15.4. The topological polar surface area (TPSA) is 71.1 Å². The molecule has 0 amide bonds. The van der Waals surface area contributed by atoms with E-state index >= 15 is 0 Å². The molecular weight excluding hydrogens is 408 g/mol. The van der Waals surface area contributed by atoms with Gasteiger partial charge in [0.2, 0.25) is 5.75 Å². The maximum Gasteiger partial charge on any atom is 0.315 e. The first-order valence-corrected chi connectivity index (χ1v) is 11.2. The van der Waals surface area contributed by atoms with Gasteiger partial charge in [-0.05, 0) is 55.9 Å². The fourth-order valence-corrected chi connectivity index (χ4v) is 4.16. The molecule has 1 saturated carbocycles. The monoisotopic (exact) mass is 438 g/mol. The van der Waals surface area contributed by atoms with Gasteiger partial charge in [0.15, 0.2) is 17.3 Å². The number of esters is 1. The van der Waals surface area contributed by atoms with Crippen LogP contribution in [0.1, 0.15) is 55.5 Å². The summed E-state index contributed by atoms with van der Waals surface area (Å²) >= 11 is 0. The van der Waals surface area contributed by atoms with Gasteiger partial charge in [0.25, 0.3) is 0 Å². The number of carbonyl (C=O) groups excluding carboxylic acids is 2. The van der Waals surface area contributed by atoms with Gasteiger partial charge >= 0.3 is 5.97 Å². The molecule has 2 aromatic rings. The zero-order valence-electron chi connectivity index (χ0n) is 19.2. The molecule has 0 saturated heterocycles. The number of hydrogen-bond donors (Lipinski definition) is 0. The van der Waals surface area contributed by atoms with E-state index in [1.165, 1.54) is 0 Å². The number of carbonyl (C=O) groups is 2. The lowest BCUT2D eigenvalue weighted by molar-refractivity contribution is -0.156. The summed E-state index contributed by atoms with van der Waals surface area (Å²) in [6, 6.07) is 9.52. The molecule has 2 aromatic carbocycles. The fraction of sp³-hybridized carbons (Fsp3) is 0.462. The van der Waals surface area contributed by atoms with Gasteiger partial charge in [-0.1, -0.05) is 25.1 Å². The third kappa shape index (κ3) is 3.94. The highest BCUT2D eigenvalue weighted by atomic mass is 16.6. The van der Waals surface area contributed by atoms with E-state index in [-0.39, 0.29) is 24.5 Å². The minimum atomic E-state index is -0.622. The molecule has 2 aliphatic carbocycles. The first-order valence-electron chi connectivity index (χ1n) is 11.2. The van der Waals surface area contributed by atoms with Crippen molar-refractivity contribution in [3.8, 4) is 28.4 Å². The molecule has 2 aliphatic rings. The Labute approximate surface area is 188 Å². The van der Waals surface area contributed by atoms with Crippen LogP contribution in [0.15, 0.2) is 30.3 Å². The third-order valence-corrected chi connectivity index (χ3v) is 6.53. The van der Waals surface area contributed by atoms with Crippen molar-refractivity contribution in [1.29, 1.82) is 0 Å². The molecule has 0 aliphatic heterocycles. The van der Waals surface area contributed by atoms with Crippen LogP contribution in [0, 0.1) is 5.41 Å². The lowest BCUT2D eigenvalue weighted by atomic mass is 9.95. The molecule has 0 spiro atoms. The number of rotatable bonds is 9. The van der Waals surface area contributed by atoms with Gasteiger partial charge in [-0.15, -0.1) is 0 Å². The van der Waals surface area contributed by atoms with Gasteiger partial charge < -0.3 is 18.9 Å². The number of ether oxygens (including phenoxy) is 4. The maximum atomic E-state index is 12.7. The minimum absolute atomic E-state index is 0.119. The van der Waals surface area contributed by atoms with E-state index in [1.807, 2.05) is 44.2 Å². The molecule has 0 N–H and O–H groups in total. The average Bonchev–Trinajstić information content (AvgIpc) is 3.52. The van der Waals surface area contributed by atoms with Gasteiger partial charge in [0.05, 0.1) is 20.3 Å². The van der Waals surface area contributed by atoms with Crippen LogP contribution in [0.3, 0.4) is 0 Å². The Hall–Kier alpha value is -3.02. The molecule has 0 unspecified atom stereocenters. The van der Waals surface area contributed by atoms with E-state index in [0.717, 1.165) is 41.5 Å². The molecule has 1 fully saturated rings. The van der Waals surface area contributed by atoms with Crippen molar-refractivity contribution in [3.63, 3.8) is 0 Å². The van der Waals surface area contributed by atoms with Crippen LogP contribution < -0.4 is 14.2 Å². The van der Waals surface area contributed by atoms with Gasteiger partial charge in [0.1, 0.15) is 12.0 Å². The Morgan fingerprint density at radius 2 is 1.75 bits per heavy atom. The highest BCUT2D eigenvalue weighted by Crippen LogP contribution is 2.51. The van der Waals surface area contributed by atoms with Crippen molar-refractivity contribution < 1.29 is 28.5 Å². The quantitative estimate of drug-likeness (QED) is 0.513. The highest BCUT2D eigenvalue weighted by molar-refractivity contribution is 6.02. The summed E-state index contributed by atoms with van der Waals surface area (Å²) in [6.07, 6.45) is 3.34. The average molecular weight is 439 g/mol. The number of methoxy groups -OCH3 is 2. The van der Waals surface area contributed by atoms with E-state index in [9.17, 15) is 9.59 Å². The predicted octanol–water partition coefficient (Wildman–Crippen LogP) is 5.00. The normalized spacial score (nSPS) is 16.8. The lowest BCUT2D eigenvalue weighted by Gasteiger charge is -2.22. The lowest BCUT2D eigenvalue weighted by Crippen LogP contribution is -2.28. The van der Waals surface area contributed by atoms with Crippen LogP contribution in [-0.4, -0.2) is 38.7 Å². The van der Waals surface area contributed by atoms with Crippen LogP contribution >= 0.6 is 0 Å². The molecule has 6 nitrogen and oxygen atoms in total. The molecule has 4 rings (SSSR count). The van der Waals surface area contributed by atoms with Gasteiger partial charge in [-0.2, -0.15) is 0 Å². The summed E-state index contributed by atoms with van der Waals surface area (Å²) in [4.78, 5) is 25.0. The van der Waals surface area contributed by atoms with Crippen molar-refractivity contribution in [3.05, 3.63) is 41.5 Å².